The van der Waals surface area contributed by atoms with E-state index in [0.717, 1.165) is 60.6 Å². The number of carbonyl (C=O) groups is 3. The molecule has 2 aliphatic rings. The number of rotatable bonds is 8. The van der Waals surface area contributed by atoms with E-state index in [9.17, 15) is 14.4 Å². The molecule has 8 rings (SSSR count). The van der Waals surface area contributed by atoms with Gasteiger partial charge >= 0.3 is 0 Å². The van der Waals surface area contributed by atoms with Gasteiger partial charge in [0.1, 0.15) is 22.5 Å². The van der Waals surface area contributed by atoms with Gasteiger partial charge < -0.3 is 15.1 Å². The second kappa shape index (κ2) is 13.1. The molecule has 3 aromatic carbocycles. The number of thiophene rings is 1. The number of fused-ring (bicyclic) bond motifs is 6. The number of hydrogen-bond acceptors (Lipinski definition) is 9. The molecule has 11 nitrogen and oxygen atoms in total. The lowest BCUT2D eigenvalue weighted by molar-refractivity contribution is -0.134. The summed E-state index contributed by atoms with van der Waals surface area (Å²) in [6, 6.07) is 17.0. The minimum absolute atomic E-state index is 0.106. The van der Waals surface area contributed by atoms with Crippen LogP contribution in [-0.2, 0) is 14.4 Å². The third kappa shape index (κ3) is 5.98. The number of hydrogen-bond donors (Lipinski definition) is 3. The molecule has 1 fully saturated rings. The van der Waals surface area contributed by atoms with Crippen LogP contribution in [0.1, 0.15) is 70.0 Å². The molecule has 1 unspecified atom stereocenters. The Balaban J connectivity index is 0.974. The van der Waals surface area contributed by atoms with Crippen molar-refractivity contribution in [1.82, 2.24) is 25.4 Å². The predicted molar refractivity (Wildman–Crippen MR) is 198 cm³/mol. The third-order valence-electron chi connectivity index (χ3n) is 9.71. The van der Waals surface area contributed by atoms with Crippen LogP contribution in [0.5, 0.6) is 0 Å². The quantitative estimate of drug-likeness (QED) is 0.116. The first kappa shape index (κ1) is 32.9. The molecule has 6 aromatic rings. The fourth-order valence-electron chi connectivity index (χ4n) is 7.04. The zero-order valence-electron chi connectivity index (χ0n) is 28.2. The third-order valence-corrected chi connectivity index (χ3v) is 11.2. The topological polar surface area (TPSA) is 144 Å². The van der Waals surface area contributed by atoms with E-state index in [2.05, 4.69) is 40.0 Å². The monoisotopic (exact) mass is 719 g/mol. The average Bonchev–Trinajstić information content (AvgIpc) is 3.77. The Kier molecular flexibility index (Phi) is 8.43. The molecule has 0 aliphatic carbocycles. The minimum atomic E-state index is -0.547. The van der Waals surface area contributed by atoms with E-state index in [-0.39, 0.29) is 24.1 Å². The van der Waals surface area contributed by atoms with Crippen LogP contribution in [0.2, 0.25) is 5.02 Å². The Morgan fingerprint density at radius 3 is 2.69 bits per heavy atom. The summed E-state index contributed by atoms with van der Waals surface area (Å²) in [5.41, 5.74) is 6.26. The van der Waals surface area contributed by atoms with Gasteiger partial charge in [-0.3, -0.25) is 29.3 Å². The van der Waals surface area contributed by atoms with Crippen molar-refractivity contribution in [3.05, 3.63) is 105 Å². The fourth-order valence-corrected chi connectivity index (χ4v) is 8.38. The molecule has 3 amide bonds. The number of amides is 3. The first-order valence-electron chi connectivity index (χ1n) is 16.8. The van der Waals surface area contributed by atoms with Gasteiger partial charge in [-0.1, -0.05) is 35.9 Å². The Labute approximate surface area is 302 Å². The highest BCUT2D eigenvalue weighted by Gasteiger charge is 2.33. The molecule has 13 heteroatoms. The lowest BCUT2D eigenvalue weighted by Gasteiger charge is -2.20. The summed E-state index contributed by atoms with van der Waals surface area (Å²) in [6.07, 6.45) is 2.48. The van der Waals surface area contributed by atoms with Gasteiger partial charge in [0.05, 0.1) is 24.3 Å². The number of aryl methyl sites for hydroxylation is 2. The lowest BCUT2D eigenvalue weighted by atomic mass is 9.89. The van der Waals surface area contributed by atoms with Crippen LogP contribution in [-0.4, -0.2) is 51.3 Å². The van der Waals surface area contributed by atoms with Gasteiger partial charge in [-0.15, -0.1) is 21.5 Å². The van der Waals surface area contributed by atoms with Crippen LogP contribution in [0.15, 0.2) is 70.3 Å². The lowest BCUT2D eigenvalue weighted by Crippen LogP contribution is -2.39. The van der Waals surface area contributed by atoms with Crippen LogP contribution in [0, 0.1) is 20.8 Å². The maximum Gasteiger partial charge on any atom is 0.234 e. The highest BCUT2D eigenvalue weighted by molar-refractivity contribution is 7.15. The largest absolute Gasteiger partial charge is 0.464 e. The molecular weight excluding hydrogens is 686 g/mol. The molecular formula is C38H34ClN7O4S. The molecule has 3 N–H and O–H groups in total. The summed E-state index contributed by atoms with van der Waals surface area (Å²) in [5, 5.41) is 22.3. The molecule has 0 radical (unpaired) electrons. The molecule has 3 aromatic heterocycles. The Hall–Kier alpha value is -5.33. The van der Waals surface area contributed by atoms with Gasteiger partial charge in [0, 0.05) is 57.2 Å². The van der Waals surface area contributed by atoms with E-state index >= 15 is 0 Å². The number of piperidine rings is 1. The number of benzene rings is 3. The molecule has 0 saturated carbocycles. The second-order valence-corrected chi connectivity index (χ2v) is 14.6. The minimum Gasteiger partial charge on any atom is -0.464 e. The van der Waals surface area contributed by atoms with Crippen LogP contribution >= 0.6 is 22.9 Å². The van der Waals surface area contributed by atoms with Gasteiger partial charge in [0.25, 0.3) is 0 Å². The zero-order valence-corrected chi connectivity index (χ0v) is 29.7. The van der Waals surface area contributed by atoms with Crippen molar-refractivity contribution in [3.63, 3.8) is 0 Å². The van der Waals surface area contributed by atoms with E-state index in [0.29, 0.717) is 42.4 Å². The summed E-state index contributed by atoms with van der Waals surface area (Å²) in [5.74, 6) is 0.252. The van der Waals surface area contributed by atoms with Crippen molar-refractivity contribution in [1.29, 1.82) is 0 Å². The average molecular weight is 720 g/mol. The molecule has 1 saturated heterocycles. The summed E-state index contributed by atoms with van der Waals surface area (Å²) < 4.78 is 7.85. The molecule has 5 heterocycles. The first-order valence-corrected chi connectivity index (χ1v) is 18.0. The number of halogens is 1. The maximum atomic E-state index is 13.4. The van der Waals surface area contributed by atoms with E-state index in [4.69, 9.17) is 21.0 Å². The van der Waals surface area contributed by atoms with E-state index < -0.39 is 12.0 Å². The number of aliphatic imine (C=N–C) groups is 1. The van der Waals surface area contributed by atoms with Crippen molar-refractivity contribution in [2.45, 2.75) is 52.0 Å². The van der Waals surface area contributed by atoms with Crippen LogP contribution in [0.25, 0.3) is 26.7 Å². The number of carbonyl (C=O) groups excluding carboxylic acids is 3. The van der Waals surface area contributed by atoms with E-state index in [1.54, 1.807) is 17.6 Å². The summed E-state index contributed by atoms with van der Waals surface area (Å²) in [7, 11) is 0. The van der Waals surface area contributed by atoms with Crippen molar-refractivity contribution in [2.24, 2.45) is 4.99 Å². The van der Waals surface area contributed by atoms with Gasteiger partial charge in [0.15, 0.2) is 5.82 Å². The highest BCUT2D eigenvalue weighted by atomic mass is 35.5. The van der Waals surface area contributed by atoms with Crippen molar-refractivity contribution in [3.8, 4) is 5.00 Å². The van der Waals surface area contributed by atoms with Crippen LogP contribution in [0.4, 0.5) is 5.69 Å². The Morgan fingerprint density at radius 2 is 1.88 bits per heavy atom. The van der Waals surface area contributed by atoms with E-state index in [1.807, 2.05) is 66.1 Å². The molecule has 0 bridgehead atoms. The predicted octanol–water partition coefficient (Wildman–Crippen LogP) is 6.84. The molecule has 51 heavy (non-hydrogen) atoms. The number of aromatic nitrogens is 3. The number of nitrogens with one attached hydrogen (secondary N) is 3. The second-order valence-electron chi connectivity index (χ2n) is 13.0. The highest BCUT2D eigenvalue weighted by Crippen LogP contribution is 2.40. The molecule has 0 spiro atoms. The number of imide groups is 1. The van der Waals surface area contributed by atoms with Gasteiger partial charge in [-0.25, -0.2) is 0 Å². The van der Waals surface area contributed by atoms with Crippen LogP contribution < -0.4 is 16.0 Å². The van der Waals surface area contributed by atoms with Crippen molar-refractivity contribution in [2.75, 3.05) is 18.4 Å². The standard InChI is InChI=1S/C38H34ClN7O4S/c1-19-20(2)51-38-33(19)35(22-4-7-24(39)8-5-22)42-29(36-45-44-21(3)46(36)38)17-32(48)41-15-14-40-25-9-10-26-23(16-25)6-12-30-34(26)28(18-50-30)27-11-13-31(47)43-37(27)49/h4-10,12,16,18,27,29,40H,11,13-15,17H2,1-3H3,(H,41,48)(H,43,47,49)/t27?,29-/m0/s1. The van der Waals surface area contributed by atoms with Crippen molar-refractivity contribution >= 4 is 73.8 Å². The summed E-state index contributed by atoms with van der Waals surface area (Å²) in [4.78, 5) is 44.1. The van der Waals surface area contributed by atoms with Crippen molar-refractivity contribution < 1.29 is 18.8 Å². The number of furan rings is 1. The molecule has 258 valence electrons. The normalized spacial score (nSPS) is 17.1. The molecule has 2 atom stereocenters. The first-order chi connectivity index (χ1) is 24.7. The van der Waals surface area contributed by atoms with Crippen LogP contribution in [0.3, 0.4) is 0 Å². The molecule has 2 aliphatic heterocycles. The van der Waals surface area contributed by atoms with E-state index in [1.165, 1.54) is 4.88 Å². The summed E-state index contributed by atoms with van der Waals surface area (Å²) in [6.45, 7) is 7.02. The summed E-state index contributed by atoms with van der Waals surface area (Å²) >= 11 is 7.91. The zero-order chi connectivity index (χ0) is 35.4. The smallest absolute Gasteiger partial charge is 0.234 e. The number of anilines is 1. The Morgan fingerprint density at radius 1 is 1.06 bits per heavy atom. The maximum absolute atomic E-state index is 13.4. The van der Waals surface area contributed by atoms with Gasteiger partial charge in [-0.2, -0.15) is 0 Å². The SMILES string of the molecule is Cc1sc2c(c1C)C(c1ccc(Cl)cc1)=N[C@@H](CC(=O)NCCNc1ccc3c(ccc4occ(C5CCC(=O)NC5=O)c43)c1)c1nnc(C)n1-2. The Bertz CT molecular complexity index is 2410. The van der Waals surface area contributed by atoms with Gasteiger partial charge in [0.2, 0.25) is 17.7 Å². The van der Waals surface area contributed by atoms with Gasteiger partial charge in [-0.05, 0) is 73.9 Å². The fraction of sp³-hybridized carbons (Fsp3) is 0.263. The number of nitrogens with zero attached hydrogens (tertiary/aromatic N) is 4.